The highest BCUT2D eigenvalue weighted by molar-refractivity contribution is 7.10. The maximum absolute atomic E-state index is 12.2. The molecule has 1 aliphatic rings. The van der Waals surface area contributed by atoms with Gasteiger partial charge < -0.3 is 14.7 Å². The molecule has 2 amide bonds. The van der Waals surface area contributed by atoms with Crippen molar-refractivity contribution < 1.29 is 14.1 Å². The fourth-order valence-corrected chi connectivity index (χ4v) is 3.50. The first-order valence-corrected chi connectivity index (χ1v) is 8.51. The van der Waals surface area contributed by atoms with Crippen molar-refractivity contribution in [2.45, 2.75) is 39.3 Å². The van der Waals surface area contributed by atoms with Gasteiger partial charge in [0.2, 0.25) is 11.8 Å². The van der Waals surface area contributed by atoms with Crippen LogP contribution < -0.4 is 5.32 Å². The Morgan fingerprint density at radius 1 is 1.43 bits per heavy atom. The highest BCUT2D eigenvalue weighted by Crippen LogP contribution is 2.24. The van der Waals surface area contributed by atoms with Gasteiger partial charge in [0.1, 0.15) is 0 Å². The van der Waals surface area contributed by atoms with E-state index in [0.29, 0.717) is 18.8 Å². The molecule has 2 aromatic heterocycles. The average molecular weight is 333 g/mol. The number of aromatic nitrogens is 1. The van der Waals surface area contributed by atoms with E-state index < -0.39 is 0 Å². The molecular formula is C16H19N3O3S. The van der Waals surface area contributed by atoms with Crippen LogP contribution in [0.3, 0.4) is 0 Å². The van der Waals surface area contributed by atoms with Gasteiger partial charge in [-0.3, -0.25) is 9.59 Å². The lowest BCUT2D eigenvalue weighted by Gasteiger charge is -2.27. The lowest BCUT2D eigenvalue weighted by Crippen LogP contribution is -2.36. The third-order valence-corrected chi connectivity index (χ3v) is 4.89. The van der Waals surface area contributed by atoms with Crippen molar-refractivity contribution >= 4 is 23.2 Å². The Labute approximate surface area is 138 Å². The minimum Gasteiger partial charge on any atom is -0.359 e. The summed E-state index contributed by atoms with van der Waals surface area (Å²) >= 11 is 1.75. The van der Waals surface area contributed by atoms with Crippen molar-refractivity contribution in [3.05, 3.63) is 39.4 Å². The summed E-state index contributed by atoms with van der Waals surface area (Å²) in [6, 6.07) is 3.85. The van der Waals surface area contributed by atoms with E-state index in [1.54, 1.807) is 17.4 Å². The van der Waals surface area contributed by atoms with Crippen LogP contribution in [-0.2, 0) is 29.1 Å². The molecule has 3 heterocycles. The summed E-state index contributed by atoms with van der Waals surface area (Å²) in [5.74, 6) is 0.497. The summed E-state index contributed by atoms with van der Waals surface area (Å²) < 4.78 is 5.02. The number of nitrogens with zero attached hydrogens (tertiary/aromatic N) is 2. The predicted octanol–water partition coefficient (Wildman–Crippen LogP) is 2.03. The molecule has 0 atom stereocenters. The van der Waals surface area contributed by atoms with Gasteiger partial charge in [-0.25, -0.2) is 0 Å². The highest BCUT2D eigenvalue weighted by Gasteiger charge is 2.21. The normalized spacial score (nSPS) is 13.7. The molecule has 0 unspecified atom stereocenters. The van der Waals surface area contributed by atoms with Gasteiger partial charge >= 0.3 is 0 Å². The summed E-state index contributed by atoms with van der Waals surface area (Å²) in [7, 11) is 0. The van der Waals surface area contributed by atoms with E-state index in [4.69, 9.17) is 4.52 Å². The fraction of sp³-hybridized carbons (Fsp3) is 0.438. The van der Waals surface area contributed by atoms with Gasteiger partial charge in [0, 0.05) is 36.9 Å². The molecule has 3 rings (SSSR count). The first-order chi connectivity index (χ1) is 11.1. The van der Waals surface area contributed by atoms with E-state index in [9.17, 15) is 9.59 Å². The lowest BCUT2D eigenvalue weighted by molar-refractivity contribution is -0.134. The third kappa shape index (κ3) is 3.98. The van der Waals surface area contributed by atoms with Crippen LogP contribution in [-0.4, -0.2) is 28.4 Å². The molecule has 0 radical (unpaired) electrons. The van der Waals surface area contributed by atoms with Gasteiger partial charge in [-0.2, -0.15) is 0 Å². The topological polar surface area (TPSA) is 75.4 Å². The zero-order valence-electron chi connectivity index (χ0n) is 13.0. The van der Waals surface area contributed by atoms with Gasteiger partial charge in [0.25, 0.3) is 0 Å². The molecule has 6 nitrogen and oxygen atoms in total. The van der Waals surface area contributed by atoms with Crippen molar-refractivity contribution in [1.29, 1.82) is 0 Å². The number of carbonyl (C=O) groups is 2. The number of nitrogens with one attached hydrogen (secondary N) is 1. The van der Waals surface area contributed by atoms with Crippen molar-refractivity contribution in [2.24, 2.45) is 0 Å². The molecule has 1 aliphatic heterocycles. The summed E-state index contributed by atoms with van der Waals surface area (Å²) in [4.78, 5) is 27.3. The number of thiophene rings is 1. The molecule has 122 valence electrons. The molecule has 0 bridgehead atoms. The summed E-state index contributed by atoms with van der Waals surface area (Å²) in [6.07, 6.45) is 1.34. The van der Waals surface area contributed by atoms with Crippen LogP contribution in [0.25, 0.3) is 0 Å². The number of hydrogen-bond donors (Lipinski definition) is 1. The van der Waals surface area contributed by atoms with Crippen molar-refractivity contribution in [1.82, 2.24) is 15.4 Å². The van der Waals surface area contributed by atoms with Gasteiger partial charge in [-0.05, 0) is 30.4 Å². The van der Waals surface area contributed by atoms with E-state index in [0.717, 1.165) is 18.7 Å². The minimum atomic E-state index is -0.152. The Morgan fingerprint density at radius 3 is 3.09 bits per heavy atom. The number of hydrogen-bond acceptors (Lipinski definition) is 5. The van der Waals surface area contributed by atoms with Crippen LogP contribution in [0.4, 0.5) is 0 Å². The number of amides is 2. The van der Waals surface area contributed by atoms with E-state index in [2.05, 4.69) is 21.9 Å². The lowest BCUT2D eigenvalue weighted by atomic mass is 10.1. The van der Waals surface area contributed by atoms with Gasteiger partial charge in [0.15, 0.2) is 5.76 Å². The quantitative estimate of drug-likeness (QED) is 0.908. The van der Waals surface area contributed by atoms with E-state index in [1.807, 2.05) is 11.8 Å². The van der Waals surface area contributed by atoms with Crippen LogP contribution >= 0.6 is 11.3 Å². The molecule has 1 N–H and O–H groups in total. The van der Waals surface area contributed by atoms with E-state index in [1.165, 1.54) is 10.4 Å². The molecule has 0 spiro atoms. The monoisotopic (exact) mass is 333 g/mol. The molecule has 0 saturated heterocycles. The third-order valence-electron chi connectivity index (χ3n) is 3.86. The summed E-state index contributed by atoms with van der Waals surface area (Å²) in [6.45, 7) is 3.53. The fourth-order valence-electron chi connectivity index (χ4n) is 2.61. The average Bonchev–Trinajstić information content (AvgIpc) is 3.18. The number of aryl methyl sites for hydroxylation is 1. The van der Waals surface area contributed by atoms with Crippen LogP contribution in [0.2, 0.25) is 0 Å². The van der Waals surface area contributed by atoms with Gasteiger partial charge in [-0.1, -0.05) is 5.16 Å². The second-order valence-electron chi connectivity index (χ2n) is 5.65. The molecular weight excluding hydrogens is 314 g/mol. The second kappa shape index (κ2) is 6.95. The van der Waals surface area contributed by atoms with Crippen molar-refractivity contribution in [2.75, 3.05) is 6.54 Å². The maximum Gasteiger partial charge on any atom is 0.223 e. The van der Waals surface area contributed by atoms with Crippen LogP contribution in [0.1, 0.15) is 34.7 Å². The molecule has 2 aromatic rings. The number of carbonyl (C=O) groups excluding carboxylic acids is 2. The smallest absolute Gasteiger partial charge is 0.223 e. The van der Waals surface area contributed by atoms with Crippen LogP contribution in [0.15, 0.2) is 22.0 Å². The standard InChI is InChI=1S/C16H19N3O3S/c1-11-8-13(22-18-11)9-17-15(20)2-3-16(21)19-6-4-14-12(10-19)5-7-23-14/h5,7-8H,2-4,6,9-10H2,1H3,(H,17,20). The molecule has 0 fully saturated rings. The first kappa shape index (κ1) is 15.7. The Kier molecular flexibility index (Phi) is 4.76. The molecule has 0 aliphatic carbocycles. The molecule has 7 heteroatoms. The SMILES string of the molecule is Cc1cc(CNC(=O)CCC(=O)N2CCc3sccc3C2)on1. The minimum absolute atomic E-state index is 0.0347. The van der Waals surface area contributed by atoms with Crippen LogP contribution in [0.5, 0.6) is 0 Å². The van der Waals surface area contributed by atoms with Crippen molar-refractivity contribution in [3.63, 3.8) is 0 Å². The van der Waals surface area contributed by atoms with Gasteiger partial charge in [0.05, 0.1) is 12.2 Å². The number of rotatable bonds is 5. The first-order valence-electron chi connectivity index (χ1n) is 7.64. The highest BCUT2D eigenvalue weighted by atomic mass is 32.1. The van der Waals surface area contributed by atoms with E-state index >= 15 is 0 Å². The van der Waals surface area contributed by atoms with Crippen molar-refractivity contribution in [3.8, 4) is 0 Å². The van der Waals surface area contributed by atoms with Crippen LogP contribution in [0, 0.1) is 6.92 Å². The predicted molar refractivity (Wildman–Crippen MR) is 85.8 cm³/mol. The summed E-state index contributed by atoms with van der Waals surface area (Å²) in [5, 5.41) is 8.56. The Balaban J connectivity index is 1.41. The van der Waals surface area contributed by atoms with E-state index in [-0.39, 0.29) is 24.7 Å². The zero-order chi connectivity index (χ0) is 16.2. The number of fused-ring (bicyclic) bond motifs is 1. The molecule has 0 saturated carbocycles. The summed E-state index contributed by atoms with van der Waals surface area (Å²) in [5.41, 5.74) is 2.02. The Morgan fingerprint density at radius 2 is 2.30 bits per heavy atom. The molecule has 23 heavy (non-hydrogen) atoms. The maximum atomic E-state index is 12.2. The Bertz CT molecular complexity index is 707. The zero-order valence-corrected chi connectivity index (χ0v) is 13.8. The van der Waals surface area contributed by atoms with Gasteiger partial charge in [-0.15, -0.1) is 11.3 Å². The Hall–Kier alpha value is -2.15. The second-order valence-corrected chi connectivity index (χ2v) is 6.65. The largest absolute Gasteiger partial charge is 0.359 e. The molecule has 0 aromatic carbocycles.